The van der Waals surface area contributed by atoms with Crippen LogP contribution < -0.4 is 5.32 Å². The molecule has 0 aliphatic rings. The van der Waals surface area contributed by atoms with E-state index in [9.17, 15) is 4.79 Å². The number of hydrogen-bond donors (Lipinski definition) is 1. The molecule has 0 fully saturated rings. The van der Waals surface area contributed by atoms with Crippen molar-refractivity contribution < 1.29 is 4.79 Å². The fourth-order valence-corrected chi connectivity index (χ4v) is 1.54. The third kappa shape index (κ3) is 3.38. The van der Waals surface area contributed by atoms with Crippen molar-refractivity contribution in [2.24, 2.45) is 0 Å². The SMILES string of the molecule is CC(=O)SCNc1nccs1. The molecule has 0 unspecified atom stereocenters. The fraction of sp³-hybridized carbons (Fsp3) is 0.333. The first-order chi connectivity index (χ1) is 5.29. The van der Waals surface area contributed by atoms with Crippen LogP contribution >= 0.6 is 23.1 Å². The molecule has 0 aliphatic carbocycles. The summed E-state index contributed by atoms with van der Waals surface area (Å²) in [5.74, 6) is 0.600. The average Bonchev–Trinajstić information content (AvgIpc) is 2.39. The van der Waals surface area contributed by atoms with E-state index in [1.54, 1.807) is 13.1 Å². The van der Waals surface area contributed by atoms with E-state index in [0.717, 1.165) is 5.13 Å². The summed E-state index contributed by atoms with van der Waals surface area (Å²) >= 11 is 2.77. The standard InChI is InChI=1S/C6H8N2OS2/c1-5(9)11-4-8-6-7-2-3-10-6/h2-3H,4H2,1H3,(H,7,8). The molecule has 0 aromatic carbocycles. The summed E-state index contributed by atoms with van der Waals surface area (Å²) < 4.78 is 0. The number of rotatable bonds is 3. The van der Waals surface area contributed by atoms with Gasteiger partial charge in [0.25, 0.3) is 0 Å². The van der Waals surface area contributed by atoms with Gasteiger partial charge in [-0.1, -0.05) is 11.8 Å². The Balaban J connectivity index is 2.19. The van der Waals surface area contributed by atoms with Crippen LogP contribution in [-0.2, 0) is 4.79 Å². The lowest BCUT2D eigenvalue weighted by Crippen LogP contribution is -1.98. The second-order valence-electron chi connectivity index (χ2n) is 1.79. The van der Waals surface area contributed by atoms with Crippen LogP contribution in [0.2, 0.25) is 0 Å². The molecule has 0 amide bonds. The van der Waals surface area contributed by atoms with E-state index in [-0.39, 0.29) is 5.12 Å². The molecule has 60 valence electrons. The van der Waals surface area contributed by atoms with E-state index in [1.165, 1.54) is 23.1 Å². The largest absolute Gasteiger partial charge is 0.352 e. The zero-order valence-electron chi connectivity index (χ0n) is 6.03. The summed E-state index contributed by atoms with van der Waals surface area (Å²) in [4.78, 5) is 14.5. The minimum absolute atomic E-state index is 0.119. The minimum atomic E-state index is 0.119. The predicted octanol–water partition coefficient (Wildman–Crippen LogP) is 1.79. The van der Waals surface area contributed by atoms with Gasteiger partial charge in [-0.2, -0.15) is 0 Å². The van der Waals surface area contributed by atoms with Gasteiger partial charge in [-0.15, -0.1) is 11.3 Å². The fourth-order valence-electron chi connectivity index (χ4n) is 0.510. The average molecular weight is 188 g/mol. The summed E-state index contributed by atoms with van der Waals surface area (Å²) in [5, 5.41) is 5.87. The number of anilines is 1. The monoisotopic (exact) mass is 188 g/mol. The Kier molecular flexibility index (Phi) is 3.38. The molecule has 1 aromatic heterocycles. The highest BCUT2D eigenvalue weighted by Crippen LogP contribution is 2.11. The summed E-state index contributed by atoms with van der Waals surface area (Å²) in [6, 6.07) is 0. The molecular formula is C6H8N2OS2. The van der Waals surface area contributed by atoms with Crippen molar-refractivity contribution in [1.82, 2.24) is 4.98 Å². The van der Waals surface area contributed by atoms with Crippen LogP contribution in [0, 0.1) is 0 Å². The molecule has 1 aromatic rings. The normalized spacial score (nSPS) is 9.55. The molecule has 1 rings (SSSR count). The zero-order valence-corrected chi connectivity index (χ0v) is 7.67. The smallest absolute Gasteiger partial charge is 0.187 e. The van der Waals surface area contributed by atoms with Gasteiger partial charge in [-0.05, 0) is 0 Å². The van der Waals surface area contributed by atoms with Crippen molar-refractivity contribution in [2.75, 3.05) is 11.2 Å². The van der Waals surface area contributed by atoms with E-state index in [0.29, 0.717) is 5.88 Å². The highest BCUT2D eigenvalue weighted by Gasteiger charge is 1.94. The summed E-state index contributed by atoms with van der Waals surface area (Å²) in [7, 11) is 0. The molecule has 1 N–H and O–H groups in total. The van der Waals surface area contributed by atoms with Crippen LogP contribution in [0.1, 0.15) is 6.92 Å². The topological polar surface area (TPSA) is 42.0 Å². The zero-order chi connectivity index (χ0) is 8.10. The van der Waals surface area contributed by atoms with Crippen molar-refractivity contribution in [3.63, 3.8) is 0 Å². The number of nitrogens with zero attached hydrogens (tertiary/aromatic N) is 1. The number of carbonyl (C=O) groups is 1. The van der Waals surface area contributed by atoms with Crippen molar-refractivity contribution in [1.29, 1.82) is 0 Å². The molecule has 0 bridgehead atoms. The van der Waals surface area contributed by atoms with E-state index >= 15 is 0 Å². The lowest BCUT2D eigenvalue weighted by molar-refractivity contribution is -0.109. The summed E-state index contributed by atoms with van der Waals surface area (Å²) in [5.41, 5.74) is 0. The van der Waals surface area contributed by atoms with Gasteiger partial charge >= 0.3 is 0 Å². The summed E-state index contributed by atoms with van der Waals surface area (Å²) in [6.45, 7) is 1.55. The molecule has 11 heavy (non-hydrogen) atoms. The maximum atomic E-state index is 10.5. The Hall–Kier alpha value is -0.550. The molecule has 0 saturated carbocycles. The Morgan fingerprint density at radius 3 is 3.27 bits per heavy atom. The number of hydrogen-bond acceptors (Lipinski definition) is 5. The number of thiazole rings is 1. The Morgan fingerprint density at radius 2 is 2.73 bits per heavy atom. The second-order valence-corrected chi connectivity index (χ2v) is 3.84. The summed E-state index contributed by atoms with van der Waals surface area (Å²) in [6.07, 6.45) is 1.73. The molecule has 0 aliphatic heterocycles. The van der Waals surface area contributed by atoms with Crippen molar-refractivity contribution in [3.05, 3.63) is 11.6 Å². The molecule has 5 heteroatoms. The molecule has 3 nitrogen and oxygen atoms in total. The van der Waals surface area contributed by atoms with Gasteiger partial charge in [0, 0.05) is 18.5 Å². The first kappa shape index (κ1) is 8.55. The maximum Gasteiger partial charge on any atom is 0.187 e. The highest BCUT2D eigenvalue weighted by molar-refractivity contribution is 8.13. The maximum absolute atomic E-state index is 10.5. The second kappa shape index (κ2) is 4.35. The first-order valence-corrected chi connectivity index (χ1v) is 4.92. The van der Waals surface area contributed by atoms with Crippen molar-refractivity contribution >= 4 is 33.3 Å². The van der Waals surface area contributed by atoms with E-state index in [1.807, 2.05) is 5.38 Å². The Bertz CT molecular complexity index is 222. The Morgan fingerprint density at radius 1 is 1.91 bits per heavy atom. The quantitative estimate of drug-likeness (QED) is 0.734. The van der Waals surface area contributed by atoms with Gasteiger partial charge in [0.1, 0.15) is 0 Å². The highest BCUT2D eigenvalue weighted by atomic mass is 32.2. The van der Waals surface area contributed by atoms with Gasteiger partial charge in [0.05, 0.1) is 5.88 Å². The van der Waals surface area contributed by atoms with Gasteiger partial charge in [-0.25, -0.2) is 4.98 Å². The third-order valence-electron chi connectivity index (χ3n) is 0.931. The molecule has 1 heterocycles. The number of thioether (sulfide) groups is 1. The molecule has 0 atom stereocenters. The predicted molar refractivity (Wildman–Crippen MR) is 48.9 cm³/mol. The van der Waals surface area contributed by atoms with E-state index in [2.05, 4.69) is 10.3 Å². The number of aromatic nitrogens is 1. The van der Waals surface area contributed by atoms with Gasteiger partial charge < -0.3 is 5.32 Å². The van der Waals surface area contributed by atoms with Crippen molar-refractivity contribution in [3.8, 4) is 0 Å². The minimum Gasteiger partial charge on any atom is -0.352 e. The lowest BCUT2D eigenvalue weighted by Gasteiger charge is -1.97. The van der Waals surface area contributed by atoms with E-state index in [4.69, 9.17) is 0 Å². The molecule has 0 spiro atoms. The molecule has 0 radical (unpaired) electrons. The van der Waals surface area contributed by atoms with Crippen LogP contribution in [0.25, 0.3) is 0 Å². The van der Waals surface area contributed by atoms with Gasteiger partial charge in [0.2, 0.25) is 0 Å². The Labute approximate surface area is 73.2 Å². The van der Waals surface area contributed by atoms with Crippen LogP contribution in [0.15, 0.2) is 11.6 Å². The molecular weight excluding hydrogens is 180 g/mol. The van der Waals surface area contributed by atoms with E-state index < -0.39 is 0 Å². The van der Waals surface area contributed by atoms with Gasteiger partial charge in [-0.3, -0.25) is 4.79 Å². The van der Waals surface area contributed by atoms with Crippen LogP contribution in [-0.4, -0.2) is 16.0 Å². The van der Waals surface area contributed by atoms with Crippen LogP contribution in [0.5, 0.6) is 0 Å². The number of nitrogens with one attached hydrogen (secondary N) is 1. The number of carbonyl (C=O) groups excluding carboxylic acids is 1. The van der Waals surface area contributed by atoms with Crippen LogP contribution in [0.4, 0.5) is 5.13 Å². The van der Waals surface area contributed by atoms with Gasteiger partial charge in [0.15, 0.2) is 10.2 Å². The molecule has 0 saturated heterocycles. The van der Waals surface area contributed by atoms with Crippen molar-refractivity contribution in [2.45, 2.75) is 6.92 Å². The van der Waals surface area contributed by atoms with Crippen LogP contribution in [0.3, 0.4) is 0 Å². The third-order valence-corrected chi connectivity index (χ3v) is 2.36. The first-order valence-electron chi connectivity index (χ1n) is 3.06. The lowest BCUT2D eigenvalue weighted by atomic mass is 10.9.